The normalized spacial score (nSPS) is 14.4. The molecule has 0 aliphatic carbocycles. The number of aryl methyl sites for hydroxylation is 2. The van der Waals surface area contributed by atoms with Crippen LogP contribution in [0.2, 0.25) is 0 Å². The zero-order valence-electron chi connectivity index (χ0n) is 27.6. The fourth-order valence-corrected chi connectivity index (χ4v) is 6.56. The molecule has 1 fully saturated rings. The van der Waals surface area contributed by atoms with Crippen molar-refractivity contribution in [1.82, 2.24) is 34.7 Å². The molecule has 1 aliphatic rings. The number of piperidine rings is 1. The molecule has 1 saturated heterocycles. The minimum atomic E-state index is -0.439. The number of fused-ring (bicyclic) bond motifs is 3. The second-order valence-corrected chi connectivity index (χ2v) is 12.3. The molecular formula is C39H29N7O5. The van der Waals surface area contributed by atoms with E-state index < -0.39 is 5.92 Å². The summed E-state index contributed by atoms with van der Waals surface area (Å²) in [6.45, 7) is 0.0657. The summed E-state index contributed by atoms with van der Waals surface area (Å²) in [5, 5.41) is 7.80. The van der Waals surface area contributed by atoms with Crippen molar-refractivity contribution >= 4 is 50.5 Å². The van der Waals surface area contributed by atoms with E-state index in [0.717, 1.165) is 49.6 Å². The Morgan fingerprint density at radius 1 is 0.902 bits per heavy atom. The first-order valence-electron chi connectivity index (χ1n) is 16.3. The van der Waals surface area contributed by atoms with E-state index in [0.29, 0.717) is 23.5 Å². The van der Waals surface area contributed by atoms with E-state index in [9.17, 15) is 19.2 Å². The highest BCUT2D eigenvalue weighted by Gasteiger charge is 2.29. The summed E-state index contributed by atoms with van der Waals surface area (Å²) < 4.78 is 9.05. The average molecular weight is 676 g/mol. The highest BCUT2D eigenvalue weighted by atomic mass is 16.3. The molecule has 12 heteroatoms. The Labute approximate surface area is 290 Å². The van der Waals surface area contributed by atoms with Gasteiger partial charge in [-0.25, -0.2) is 4.79 Å². The van der Waals surface area contributed by atoms with Crippen molar-refractivity contribution in [3.05, 3.63) is 113 Å². The highest BCUT2D eigenvalue weighted by molar-refractivity contribution is 6.03. The van der Waals surface area contributed by atoms with E-state index >= 15 is 0 Å². The fraction of sp³-hybridized carbons (Fsp3) is 0.154. The lowest BCUT2D eigenvalue weighted by molar-refractivity contribution is -0.134. The molecule has 250 valence electrons. The molecule has 0 saturated carbocycles. The van der Waals surface area contributed by atoms with E-state index in [1.54, 1.807) is 66.1 Å². The average Bonchev–Trinajstić information content (AvgIpc) is 3.67. The Kier molecular flexibility index (Phi) is 7.72. The Balaban J connectivity index is 0.947. The van der Waals surface area contributed by atoms with E-state index in [-0.39, 0.29) is 42.1 Å². The first-order chi connectivity index (χ1) is 24.7. The molecule has 6 heterocycles. The van der Waals surface area contributed by atoms with Crippen LogP contribution in [0.5, 0.6) is 0 Å². The number of carbonyl (C=O) groups is 3. The van der Waals surface area contributed by atoms with Crippen LogP contribution in [0.15, 0.2) is 94.5 Å². The van der Waals surface area contributed by atoms with E-state index in [1.807, 2.05) is 42.5 Å². The number of nitrogens with zero attached hydrogens (tertiary/aromatic N) is 5. The zero-order valence-corrected chi connectivity index (χ0v) is 27.6. The van der Waals surface area contributed by atoms with Crippen LogP contribution in [0.3, 0.4) is 0 Å². The molecule has 0 spiro atoms. The number of carbonyl (C=O) groups excluding carboxylic acids is 3. The number of amides is 3. The van der Waals surface area contributed by atoms with Crippen LogP contribution in [-0.4, -0.2) is 48.4 Å². The van der Waals surface area contributed by atoms with Gasteiger partial charge >= 0.3 is 5.69 Å². The number of hydrogen-bond donors (Lipinski definition) is 2. The second-order valence-electron chi connectivity index (χ2n) is 12.3. The Bertz CT molecular complexity index is 2690. The van der Waals surface area contributed by atoms with Crippen LogP contribution in [0.25, 0.3) is 55.3 Å². The fourth-order valence-electron chi connectivity index (χ4n) is 6.56. The van der Waals surface area contributed by atoms with Gasteiger partial charge in [0.25, 0.3) is 5.91 Å². The largest absolute Gasteiger partial charge is 0.448 e. The predicted molar refractivity (Wildman–Crippen MR) is 190 cm³/mol. The van der Waals surface area contributed by atoms with Crippen molar-refractivity contribution in [2.45, 2.75) is 18.8 Å². The van der Waals surface area contributed by atoms with Crippen molar-refractivity contribution in [3.63, 3.8) is 0 Å². The summed E-state index contributed by atoms with van der Waals surface area (Å²) in [6, 6.07) is 20.5. The lowest BCUT2D eigenvalue weighted by Crippen LogP contribution is -2.39. The second kappa shape index (κ2) is 12.5. The molecule has 51 heavy (non-hydrogen) atoms. The molecule has 5 aromatic heterocycles. The molecule has 3 amide bonds. The van der Waals surface area contributed by atoms with Gasteiger partial charge < -0.3 is 9.73 Å². The molecule has 8 rings (SSSR count). The molecule has 7 aromatic rings. The number of rotatable bonds is 5. The lowest BCUT2D eigenvalue weighted by atomic mass is 9.88. The van der Waals surface area contributed by atoms with Gasteiger partial charge in [0.2, 0.25) is 11.8 Å². The summed E-state index contributed by atoms with van der Waals surface area (Å²) in [5.41, 5.74) is 6.14. The Morgan fingerprint density at radius 3 is 2.55 bits per heavy atom. The van der Waals surface area contributed by atoms with Gasteiger partial charge in [0.05, 0.1) is 41.1 Å². The maximum Gasteiger partial charge on any atom is 0.328 e. The third-order valence-electron chi connectivity index (χ3n) is 9.25. The number of aromatic nitrogens is 5. The molecule has 1 unspecified atom stereocenters. The van der Waals surface area contributed by atoms with E-state index in [1.165, 1.54) is 0 Å². The number of imidazole rings is 1. The number of imide groups is 1. The van der Waals surface area contributed by atoms with Crippen molar-refractivity contribution in [2.75, 3.05) is 6.54 Å². The molecule has 12 nitrogen and oxygen atoms in total. The number of pyridine rings is 3. The first kappa shape index (κ1) is 31.4. The summed E-state index contributed by atoms with van der Waals surface area (Å²) in [6.07, 6.45) is 5.84. The third-order valence-corrected chi connectivity index (χ3v) is 9.25. The van der Waals surface area contributed by atoms with Crippen molar-refractivity contribution in [1.29, 1.82) is 0 Å². The maximum absolute atomic E-state index is 12.8. The first-order valence-corrected chi connectivity index (χ1v) is 16.3. The maximum atomic E-state index is 12.8. The topological polar surface area (TPSA) is 154 Å². The quantitative estimate of drug-likeness (QED) is 0.198. The van der Waals surface area contributed by atoms with Gasteiger partial charge in [0, 0.05) is 60.9 Å². The van der Waals surface area contributed by atoms with Crippen LogP contribution in [-0.2, 0) is 23.7 Å². The zero-order chi connectivity index (χ0) is 35.2. The predicted octanol–water partition coefficient (Wildman–Crippen LogP) is 4.60. The van der Waals surface area contributed by atoms with Crippen LogP contribution in [0.4, 0.5) is 0 Å². The summed E-state index contributed by atoms with van der Waals surface area (Å²) in [5.74, 6) is 4.84. The highest BCUT2D eigenvalue weighted by Crippen LogP contribution is 2.33. The van der Waals surface area contributed by atoms with Crippen molar-refractivity contribution in [2.24, 2.45) is 14.1 Å². The third kappa shape index (κ3) is 5.70. The minimum Gasteiger partial charge on any atom is -0.448 e. The minimum absolute atomic E-state index is 0.0657. The molecule has 2 N–H and O–H groups in total. The van der Waals surface area contributed by atoms with Crippen LogP contribution in [0, 0.1) is 11.8 Å². The summed E-state index contributed by atoms with van der Waals surface area (Å²) in [7, 11) is 3.48. The summed E-state index contributed by atoms with van der Waals surface area (Å²) >= 11 is 0. The van der Waals surface area contributed by atoms with Crippen molar-refractivity contribution in [3.8, 4) is 34.4 Å². The number of hydrogen-bond acceptors (Lipinski definition) is 8. The Hall–Kier alpha value is -6.87. The van der Waals surface area contributed by atoms with Gasteiger partial charge in [0.15, 0.2) is 5.76 Å². The Morgan fingerprint density at radius 2 is 1.73 bits per heavy atom. The monoisotopic (exact) mass is 675 g/mol. The molecule has 0 bridgehead atoms. The number of nitrogens with one attached hydrogen (secondary N) is 2. The van der Waals surface area contributed by atoms with Crippen molar-refractivity contribution < 1.29 is 18.8 Å². The van der Waals surface area contributed by atoms with E-state index in [2.05, 4.69) is 32.4 Å². The van der Waals surface area contributed by atoms with Crippen LogP contribution in [0.1, 0.15) is 40.6 Å². The lowest BCUT2D eigenvalue weighted by Gasteiger charge is -2.21. The standard InChI is InChI=1S/C39H29N7O5/c1-45-33-18-32(43-21-34(33)46(2)39(45)50)26-9-3-6-22-16-31(42-20-29(22)26)23-11-13-30(41-19-23)38(49)40-15-5-7-24-17-28-25(8-4-10-35(28)51-24)27-12-14-36(47)44-37(27)48/h3-4,6,8-11,13,16-21,27H,12,14-15H2,1-2H3,(H,40,49)(H,44,47,48). The van der Waals surface area contributed by atoms with Gasteiger partial charge in [-0.1, -0.05) is 36.3 Å². The molecular weight excluding hydrogens is 646 g/mol. The van der Waals surface area contributed by atoms with Crippen LogP contribution < -0.4 is 16.3 Å². The van der Waals surface area contributed by atoms with Crippen LogP contribution >= 0.6 is 0 Å². The van der Waals surface area contributed by atoms with Gasteiger partial charge in [-0.15, -0.1) is 0 Å². The molecule has 2 aromatic carbocycles. The van der Waals surface area contributed by atoms with Gasteiger partial charge in [-0.2, -0.15) is 0 Å². The van der Waals surface area contributed by atoms with Gasteiger partial charge in [-0.05, 0) is 53.6 Å². The molecule has 0 radical (unpaired) electrons. The van der Waals surface area contributed by atoms with E-state index in [4.69, 9.17) is 9.40 Å². The number of benzene rings is 2. The smallest absolute Gasteiger partial charge is 0.328 e. The molecule has 1 atom stereocenters. The molecule has 1 aliphatic heterocycles. The van der Waals surface area contributed by atoms with Gasteiger partial charge in [-0.3, -0.25) is 43.8 Å². The van der Waals surface area contributed by atoms with Gasteiger partial charge in [0.1, 0.15) is 11.3 Å². The number of furan rings is 1. The SMILES string of the molecule is Cn1c(=O)n(C)c2cc(-c3cccc4cc(-c5ccc(C(=O)NCC#Cc6cc7c(C8CCC(=O)NC8=O)cccc7o6)nc5)ncc34)ncc21. The summed E-state index contributed by atoms with van der Waals surface area (Å²) in [4.78, 5) is 63.0.